The lowest BCUT2D eigenvalue weighted by Crippen LogP contribution is -2.36. The molecule has 3 heteroatoms. The van der Waals surface area contributed by atoms with E-state index in [0.29, 0.717) is 6.10 Å². The van der Waals surface area contributed by atoms with Gasteiger partial charge in [-0.3, -0.25) is 0 Å². The Labute approximate surface area is 98.5 Å². The van der Waals surface area contributed by atoms with E-state index in [4.69, 9.17) is 4.74 Å². The fourth-order valence-corrected chi connectivity index (χ4v) is 3.75. The lowest BCUT2D eigenvalue weighted by Gasteiger charge is -2.27. The first kappa shape index (κ1) is 11.0. The van der Waals surface area contributed by atoms with Gasteiger partial charge in [-0.2, -0.15) is 0 Å². The van der Waals surface area contributed by atoms with Crippen LogP contribution in [0, 0.1) is 5.92 Å². The average molecular weight is 224 g/mol. The number of likely N-dealkylation sites (N-methyl/N-ethyl adjacent to an activating group) is 1. The lowest BCUT2D eigenvalue weighted by atomic mass is 9.89. The molecule has 4 atom stereocenters. The summed E-state index contributed by atoms with van der Waals surface area (Å²) in [6, 6.07) is 1.66. The summed E-state index contributed by atoms with van der Waals surface area (Å²) in [4.78, 5) is 2.49. The Morgan fingerprint density at radius 2 is 2.19 bits per heavy atom. The van der Waals surface area contributed by atoms with E-state index in [2.05, 4.69) is 17.3 Å². The monoisotopic (exact) mass is 224 g/mol. The van der Waals surface area contributed by atoms with Crippen molar-refractivity contribution in [2.45, 2.75) is 50.3 Å². The maximum Gasteiger partial charge on any atom is 0.0702 e. The minimum absolute atomic E-state index is 0.511. The highest BCUT2D eigenvalue weighted by atomic mass is 16.5. The molecule has 0 aromatic heterocycles. The highest BCUT2D eigenvalue weighted by Crippen LogP contribution is 2.33. The quantitative estimate of drug-likeness (QED) is 0.777. The predicted octanol–water partition coefficient (Wildman–Crippen LogP) is 1.24. The van der Waals surface area contributed by atoms with Crippen LogP contribution in [0.5, 0.6) is 0 Å². The van der Waals surface area contributed by atoms with E-state index in [9.17, 15) is 0 Å². The minimum Gasteiger partial charge on any atom is -0.377 e. The van der Waals surface area contributed by atoms with Crippen LogP contribution < -0.4 is 5.32 Å². The predicted molar refractivity (Wildman–Crippen MR) is 64.5 cm³/mol. The van der Waals surface area contributed by atoms with Gasteiger partial charge in [0.05, 0.1) is 6.10 Å². The van der Waals surface area contributed by atoms with Crippen LogP contribution in [0.3, 0.4) is 0 Å². The van der Waals surface area contributed by atoms with Crippen LogP contribution >= 0.6 is 0 Å². The molecule has 92 valence electrons. The molecule has 2 bridgehead atoms. The molecule has 3 aliphatic rings. The molecular formula is C13H24N2O. The zero-order chi connectivity index (χ0) is 11.0. The zero-order valence-electron chi connectivity index (χ0n) is 10.3. The number of ether oxygens (including phenoxy) is 1. The maximum atomic E-state index is 5.69. The summed E-state index contributed by atoms with van der Waals surface area (Å²) in [5, 5.41) is 3.72. The first-order chi connectivity index (χ1) is 7.81. The van der Waals surface area contributed by atoms with Crippen molar-refractivity contribution in [3.63, 3.8) is 0 Å². The van der Waals surface area contributed by atoms with Crippen molar-refractivity contribution in [2.24, 2.45) is 5.92 Å². The topological polar surface area (TPSA) is 24.5 Å². The van der Waals surface area contributed by atoms with Crippen molar-refractivity contribution in [1.29, 1.82) is 0 Å². The smallest absolute Gasteiger partial charge is 0.0702 e. The van der Waals surface area contributed by atoms with Gasteiger partial charge in [0.2, 0.25) is 0 Å². The second-order valence-electron chi connectivity index (χ2n) is 5.90. The van der Waals surface area contributed by atoms with Crippen molar-refractivity contribution in [2.75, 3.05) is 26.7 Å². The molecule has 3 rings (SSSR count). The SMILES string of the molecule is CN(CC1CCCO1)CC1CC2CCC1N2. The van der Waals surface area contributed by atoms with Gasteiger partial charge in [-0.05, 0) is 45.1 Å². The van der Waals surface area contributed by atoms with Gasteiger partial charge in [-0.25, -0.2) is 0 Å². The van der Waals surface area contributed by atoms with Gasteiger partial charge in [0.1, 0.15) is 0 Å². The fourth-order valence-electron chi connectivity index (χ4n) is 3.75. The summed E-state index contributed by atoms with van der Waals surface area (Å²) in [5.41, 5.74) is 0. The molecule has 3 fully saturated rings. The Balaban J connectivity index is 1.43. The van der Waals surface area contributed by atoms with Crippen LogP contribution in [0.2, 0.25) is 0 Å². The van der Waals surface area contributed by atoms with Crippen LogP contribution in [0.4, 0.5) is 0 Å². The highest BCUT2D eigenvalue weighted by molar-refractivity contribution is 4.98. The molecule has 0 spiro atoms. The van der Waals surface area contributed by atoms with Crippen LogP contribution in [0.25, 0.3) is 0 Å². The van der Waals surface area contributed by atoms with Gasteiger partial charge in [0, 0.05) is 31.8 Å². The second-order valence-corrected chi connectivity index (χ2v) is 5.90. The number of fused-ring (bicyclic) bond motifs is 2. The summed E-state index contributed by atoms with van der Waals surface area (Å²) in [6.07, 6.45) is 7.25. The van der Waals surface area contributed by atoms with Gasteiger partial charge in [-0.1, -0.05) is 0 Å². The van der Waals surface area contributed by atoms with Crippen LogP contribution in [-0.4, -0.2) is 49.8 Å². The van der Waals surface area contributed by atoms with Gasteiger partial charge in [0.25, 0.3) is 0 Å². The Kier molecular flexibility index (Phi) is 3.18. The van der Waals surface area contributed by atoms with Crippen LogP contribution in [0.1, 0.15) is 32.1 Å². The molecule has 0 aromatic rings. The van der Waals surface area contributed by atoms with E-state index in [1.54, 1.807) is 0 Å². The van der Waals surface area contributed by atoms with Crippen LogP contribution in [0.15, 0.2) is 0 Å². The molecule has 0 saturated carbocycles. The van der Waals surface area contributed by atoms with E-state index in [1.165, 1.54) is 38.6 Å². The Morgan fingerprint density at radius 1 is 1.25 bits per heavy atom. The Bertz CT molecular complexity index is 240. The normalized spacial score (nSPS) is 42.4. The second kappa shape index (κ2) is 4.63. The van der Waals surface area contributed by atoms with E-state index in [0.717, 1.165) is 31.2 Å². The number of hydrogen-bond donors (Lipinski definition) is 1. The van der Waals surface area contributed by atoms with E-state index < -0.39 is 0 Å². The van der Waals surface area contributed by atoms with E-state index in [1.807, 2.05) is 0 Å². The van der Waals surface area contributed by atoms with Gasteiger partial charge < -0.3 is 15.0 Å². The maximum absolute atomic E-state index is 5.69. The van der Waals surface area contributed by atoms with Gasteiger partial charge >= 0.3 is 0 Å². The molecule has 16 heavy (non-hydrogen) atoms. The molecule has 1 N–H and O–H groups in total. The number of rotatable bonds is 4. The molecule has 3 nitrogen and oxygen atoms in total. The third kappa shape index (κ3) is 2.27. The number of nitrogens with one attached hydrogen (secondary N) is 1. The van der Waals surface area contributed by atoms with Crippen molar-refractivity contribution >= 4 is 0 Å². The summed E-state index contributed by atoms with van der Waals surface area (Å²) in [6.45, 7) is 3.37. The average Bonchev–Trinajstić information content (AvgIpc) is 2.92. The summed E-state index contributed by atoms with van der Waals surface area (Å²) in [5.74, 6) is 0.894. The van der Waals surface area contributed by atoms with Crippen molar-refractivity contribution < 1.29 is 4.74 Å². The largest absolute Gasteiger partial charge is 0.377 e. The fraction of sp³-hybridized carbons (Fsp3) is 1.00. The Hall–Kier alpha value is -0.120. The van der Waals surface area contributed by atoms with Crippen molar-refractivity contribution in [1.82, 2.24) is 10.2 Å². The van der Waals surface area contributed by atoms with E-state index >= 15 is 0 Å². The molecule has 0 amide bonds. The van der Waals surface area contributed by atoms with Gasteiger partial charge in [0.15, 0.2) is 0 Å². The summed E-state index contributed by atoms with van der Waals surface area (Å²) >= 11 is 0. The summed E-state index contributed by atoms with van der Waals surface area (Å²) in [7, 11) is 2.26. The third-order valence-electron chi connectivity index (χ3n) is 4.52. The summed E-state index contributed by atoms with van der Waals surface area (Å²) < 4.78 is 5.69. The molecule has 0 aliphatic carbocycles. The molecular weight excluding hydrogens is 200 g/mol. The first-order valence-electron chi connectivity index (χ1n) is 6.87. The molecule has 3 saturated heterocycles. The molecule has 4 unspecified atom stereocenters. The minimum atomic E-state index is 0.511. The Morgan fingerprint density at radius 3 is 2.81 bits per heavy atom. The lowest BCUT2D eigenvalue weighted by molar-refractivity contribution is 0.0752. The zero-order valence-corrected chi connectivity index (χ0v) is 10.3. The number of hydrogen-bond acceptors (Lipinski definition) is 3. The van der Waals surface area contributed by atoms with Crippen molar-refractivity contribution in [3.05, 3.63) is 0 Å². The van der Waals surface area contributed by atoms with Crippen molar-refractivity contribution in [3.8, 4) is 0 Å². The molecule has 3 aliphatic heterocycles. The molecule has 0 radical (unpaired) electrons. The van der Waals surface area contributed by atoms with Gasteiger partial charge in [-0.15, -0.1) is 0 Å². The molecule has 0 aromatic carbocycles. The standard InChI is InChI=1S/C13H24N2O/c1-15(9-12-3-2-6-16-12)8-10-7-11-4-5-13(10)14-11/h10-14H,2-9H2,1H3. The van der Waals surface area contributed by atoms with Crippen LogP contribution in [-0.2, 0) is 4.74 Å². The number of nitrogens with zero attached hydrogens (tertiary/aromatic N) is 1. The highest BCUT2D eigenvalue weighted by Gasteiger charge is 2.39. The first-order valence-corrected chi connectivity index (χ1v) is 6.87. The van der Waals surface area contributed by atoms with E-state index in [-0.39, 0.29) is 0 Å². The third-order valence-corrected chi connectivity index (χ3v) is 4.52. The molecule has 3 heterocycles.